The number of aliphatic hydroxyl groups is 1. The van der Waals surface area contributed by atoms with E-state index < -0.39 is 11.2 Å². The summed E-state index contributed by atoms with van der Waals surface area (Å²) >= 11 is 0. The Bertz CT molecular complexity index is 671. The van der Waals surface area contributed by atoms with E-state index in [1.165, 1.54) is 5.57 Å². The van der Waals surface area contributed by atoms with Crippen molar-refractivity contribution >= 4 is 5.78 Å². The maximum absolute atomic E-state index is 13.6. The zero-order valence-electron chi connectivity index (χ0n) is 16.0. The van der Waals surface area contributed by atoms with Crippen molar-refractivity contribution in [2.24, 2.45) is 28.1 Å². The van der Waals surface area contributed by atoms with Crippen LogP contribution in [0.2, 0.25) is 0 Å². The number of hydrogen-bond donors (Lipinski definition) is 1. The molecule has 0 aromatic heterocycles. The van der Waals surface area contributed by atoms with Crippen LogP contribution in [0.25, 0.3) is 0 Å². The van der Waals surface area contributed by atoms with Gasteiger partial charge in [-0.1, -0.05) is 39.0 Å². The SMILES string of the molecule is COC1(OC)C(=O)C23C=CC1C=C2C1(C)CCC(O)C(C)(C)C1CC3. The molecule has 0 aromatic carbocycles. The minimum Gasteiger partial charge on any atom is -0.393 e. The molecule has 2 saturated carbocycles. The normalized spacial score (nSPS) is 46.4. The molecule has 0 heterocycles. The number of carbonyl (C=O) groups excluding carboxylic acids is 1. The van der Waals surface area contributed by atoms with Gasteiger partial charge in [0.1, 0.15) is 0 Å². The van der Waals surface area contributed by atoms with E-state index in [2.05, 4.69) is 39.0 Å². The van der Waals surface area contributed by atoms with Gasteiger partial charge in [0.05, 0.1) is 17.4 Å². The monoisotopic (exact) mass is 346 g/mol. The maximum Gasteiger partial charge on any atom is 0.239 e. The van der Waals surface area contributed by atoms with Crippen LogP contribution < -0.4 is 0 Å². The molecule has 25 heavy (non-hydrogen) atoms. The van der Waals surface area contributed by atoms with Gasteiger partial charge in [0.2, 0.25) is 11.6 Å². The predicted molar refractivity (Wildman–Crippen MR) is 94.8 cm³/mol. The average Bonchev–Trinajstić information content (AvgIpc) is 2.60. The Hall–Kier alpha value is -0.970. The number of aliphatic hydroxyl groups excluding tert-OH is 1. The van der Waals surface area contributed by atoms with E-state index in [0.29, 0.717) is 5.92 Å². The molecular formula is C21H30O4. The van der Waals surface area contributed by atoms with Crippen LogP contribution in [-0.4, -0.2) is 37.0 Å². The molecular weight excluding hydrogens is 316 g/mol. The number of fused-ring (bicyclic) bond motifs is 2. The molecule has 4 heteroatoms. The fourth-order valence-electron chi connectivity index (χ4n) is 6.63. The van der Waals surface area contributed by atoms with E-state index in [0.717, 1.165) is 25.7 Å². The fraction of sp³-hybridized carbons (Fsp3) is 0.762. The first-order chi connectivity index (χ1) is 11.7. The van der Waals surface area contributed by atoms with Crippen molar-refractivity contribution in [1.29, 1.82) is 0 Å². The largest absolute Gasteiger partial charge is 0.393 e. The highest BCUT2D eigenvalue weighted by Gasteiger charge is 2.68. The summed E-state index contributed by atoms with van der Waals surface area (Å²) in [5.74, 6) is -0.942. The van der Waals surface area contributed by atoms with Crippen LogP contribution in [0, 0.1) is 28.1 Å². The third-order valence-electron chi connectivity index (χ3n) is 8.09. The molecule has 5 rings (SSSR count). The summed E-state index contributed by atoms with van der Waals surface area (Å²) in [5.41, 5.74) is 0.439. The summed E-state index contributed by atoms with van der Waals surface area (Å²) in [4.78, 5) is 13.6. The average molecular weight is 346 g/mol. The molecule has 4 nitrogen and oxygen atoms in total. The Morgan fingerprint density at radius 2 is 1.80 bits per heavy atom. The molecule has 0 amide bonds. The Morgan fingerprint density at radius 1 is 1.12 bits per heavy atom. The van der Waals surface area contributed by atoms with Gasteiger partial charge in [-0.3, -0.25) is 4.79 Å². The topological polar surface area (TPSA) is 55.8 Å². The molecule has 5 unspecified atom stereocenters. The molecule has 138 valence electrons. The zero-order valence-corrected chi connectivity index (χ0v) is 16.0. The maximum atomic E-state index is 13.6. The van der Waals surface area contributed by atoms with Gasteiger partial charge >= 0.3 is 0 Å². The summed E-state index contributed by atoms with van der Waals surface area (Å²) in [6.07, 6.45) is 9.59. The van der Waals surface area contributed by atoms with Crippen molar-refractivity contribution in [2.45, 2.75) is 58.3 Å². The van der Waals surface area contributed by atoms with Gasteiger partial charge in [-0.15, -0.1) is 0 Å². The fourth-order valence-corrected chi connectivity index (χ4v) is 6.63. The molecule has 5 aliphatic rings. The lowest BCUT2D eigenvalue weighted by Gasteiger charge is -2.64. The number of hydrogen-bond acceptors (Lipinski definition) is 4. The Labute approximate surface area is 150 Å². The summed E-state index contributed by atoms with van der Waals surface area (Å²) in [7, 11) is 3.13. The van der Waals surface area contributed by atoms with Gasteiger partial charge in [0.15, 0.2) is 0 Å². The molecule has 0 aromatic rings. The Kier molecular flexibility index (Phi) is 3.53. The van der Waals surface area contributed by atoms with E-state index in [1.54, 1.807) is 14.2 Å². The number of carbonyl (C=O) groups is 1. The highest BCUT2D eigenvalue weighted by atomic mass is 16.7. The van der Waals surface area contributed by atoms with Crippen molar-refractivity contribution in [2.75, 3.05) is 14.2 Å². The molecule has 0 saturated heterocycles. The summed E-state index contributed by atoms with van der Waals surface area (Å²) in [5, 5.41) is 10.6. The van der Waals surface area contributed by atoms with E-state index in [9.17, 15) is 9.90 Å². The quantitative estimate of drug-likeness (QED) is 0.616. The van der Waals surface area contributed by atoms with E-state index in [1.807, 2.05) is 0 Å². The molecule has 1 spiro atoms. The molecule has 2 bridgehead atoms. The minimum absolute atomic E-state index is 0.0543. The summed E-state index contributed by atoms with van der Waals surface area (Å²) < 4.78 is 11.3. The second-order valence-corrected chi connectivity index (χ2v) is 9.23. The molecule has 0 radical (unpaired) electrons. The lowest BCUT2D eigenvalue weighted by Crippen LogP contribution is -2.65. The zero-order chi connectivity index (χ0) is 18.3. The van der Waals surface area contributed by atoms with E-state index >= 15 is 0 Å². The van der Waals surface area contributed by atoms with Gasteiger partial charge in [0.25, 0.3) is 0 Å². The lowest BCUT2D eigenvalue weighted by molar-refractivity contribution is -0.232. The van der Waals surface area contributed by atoms with Crippen LogP contribution in [0.4, 0.5) is 0 Å². The predicted octanol–water partition coefficient (Wildman–Crippen LogP) is 3.25. The number of Topliss-reactive ketones (excluding diaryl/α,β-unsaturated/α-hetero) is 1. The number of ether oxygens (including phenoxy) is 2. The number of rotatable bonds is 2. The van der Waals surface area contributed by atoms with Gasteiger partial charge in [-0.05, 0) is 48.0 Å². The highest BCUT2D eigenvalue weighted by Crippen LogP contribution is 2.68. The first-order valence-electron chi connectivity index (χ1n) is 9.44. The molecule has 2 fully saturated rings. The van der Waals surface area contributed by atoms with Crippen molar-refractivity contribution in [1.82, 2.24) is 0 Å². The standard InChI is InChI=1S/C21H30O4/c1-18(2)14-7-11-20-10-6-13(21(24-4,25-5)17(20)23)12-15(20)19(14,3)9-8-16(18)22/h6,10,12-14,16,22H,7-9,11H2,1-5H3. The van der Waals surface area contributed by atoms with Crippen LogP contribution in [0.5, 0.6) is 0 Å². The second kappa shape index (κ2) is 5.05. The summed E-state index contributed by atoms with van der Waals surface area (Å²) in [6, 6.07) is 0. The molecule has 5 aliphatic carbocycles. The van der Waals surface area contributed by atoms with Crippen LogP contribution in [0.1, 0.15) is 46.5 Å². The van der Waals surface area contributed by atoms with Gasteiger partial charge in [-0.2, -0.15) is 0 Å². The molecule has 0 aliphatic heterocycles. The van der Waals surface area contributed by atoms with Crippen LogP contribution in [0.15, 0.2) is 23.8 Å². The van der Waals surface area contributed by atoms with Gasteiger partial charge in [-0.25, -0.2) is 0 Å². The third-order valence-corrected chi connectivity index (χ3v) is 8.09. The van der Waals surface area contributed by atoms with Gasteiger partial charge < -0.3 is 14.6 Å². The van der Waals surface area contributed by atoms with Crippen molar-refractivity contribution in [3.8, 4) is 0 Å². The first kappa shape index (κ1) is 17.4. The first-order valence-corrected chi connectivity index (χ1v) is 9.44. The summed E-state index contributed by atoms with van der Waals surface area (Å²) in [6.45, 7) is 6.68. The highest BCUT2D eigenvalue weighted by molar-refractivity contribution is 5.99. The van der Waals surface area contributed by atoms with Crippen molar-refractivity contribution in [3.05, 3.63) is 23.8 Å². The van der Waals surface area contributed by atoms with Crippen molar-refractivity contribution < 1.29 is 19.4 Å². The Balaban J connectivity index is 1.87. The van der Waals surface area contributed by atoms with Crippen LogP contribution in [0.3, 0.4) is 0 Å². The van der Waals surface area contributed by atoms with Gasteiger partial charge in [0, 0.05) is 14.2 Å². The van der Waals surface area contributed by atoms with Crippen LogP contribution >= 0.6 is 0 Å². The number of ketones is 1. The van der Waals surface area contributed by atoms with E-state index in [-0.39, 0.29) is 28.6 Å². The number of allylic oxidation sites excluding steroid dienone is 2. The van der Waals surface area contributed by atoms with Crippen LogP contribution in [-0.2, 0) is 14.3 Å². The van der Waals surface area contributed by atoms with E-state index in [4.69, 9.17) is 9.47 Å². The molecule has 5 atom stereocenters. The van der Waals surface area contributed by atoms with Crippen molar-refractivity contribution in [3.63, 3.8) is 0 Å². The number of methoxy groups -OCH3 is 2. The second-order valence-electron chi connectivity index (χ2n) is 9.23. The Morgan fingerprint density at radius 3 is 2.44 bits per heavy atom. The third kappa shape index (κ3) is 1.81. The minimum atomic E-state index is -1.19. The smallest absolute Gasteiger partial charge is 0.239 e. The molecule has 1 N–H and O–H groups in total. The lowest BCUT2D eigenvalue weighted by atomic mass is 9.41.